The standard InChI is InChI=1S/C18H19N3O3/c22-17(20-24)13-6-8-15(9-7-13)19-16-10-11-21(12-16)18(23)14-4-2-1-3-5-14/h1-9,16,19,24H,10-12H2,(H,20,22). The van der Waals surface area contributed by atoms with Crippen LogP contribution in [-0.2, 0) is 0 Å². The van der Waals surface area contributed by atoms with Gasteiger partial charge in [-0.25, -0.2) is 5.48 Å². The lowest BCUT2D eigenvalue weighted by Crippen LogP contribution is -2.31. The summed E-state index contributed by atoms with van der Waals surface area (Å²) in [5.41, 5.74) is 3.57. The van der Waals surface area contributed by atoms with Gasteiger partial charge in [0.2, 0.25) is 0 Å². The molecule has 1 fully saturated rings. The van der Waals surface area contributed by atoms with Crippen LogP contribution >= 0.6 is 0 Å². The molecular formula is C18H19N3O3. The number of hydroxylamine groups is 1. The van der Waals surface area contributed by atoms with Crippen molar-refractivity contribution in [3.05, 3.63) is 65.7 Å². The summed E-state index contributed by atoms with van der Waals surface area (Å²) in [7, 11) is 0. The first-order chi connectivity index (χ1) is 11.7. The quantitative estimate of drug-likeness (QED) is 0.594. The summed E-state index contributed by atoms with van der Waals surface area (Å²) in [6, 6.07) is 16.3. The van der Waals surface area contributed by atoms with Crippen molar-refractivity contribution in [1.29, 1.82) is 0 Å². The van der Waals surface area contributed by atoms with Crippen molar-refractivity contribution in [3.63, 3.8) is 0 Å². The lowest BCUT2D eigenvalue weighted by atomic mass is 10.1. The molecule has 124 valence electrons. The molecule has 0 aliphatic carbocycles. The van der Waals surface area contributed by atoms with Gasteiger partial charge in [0.15, 0.2) is 0 Å². The van der Waals surface area contributed by atoms with Crippen molar-refractivity contribution < 1.29 is 14.8 Å². The van der Waals surface area contributed by atoms with Crippen LogP contribution in [0.25, 0.3) is 0 Å². The molecule has 0 aromatic heterocycles. The molecule has 1 aliphatic rings. The molecule has 2 aromatic carbocycles. The van der Waals surface area contributed by atoms with Crippen molar-refractivity contribution >= 4 is 17.5 Å². The zero-order chi connectivity index (χ0) is 16.9. The molecule has 1 unspecified atom stereocenters. The minimum atomic E-state index is -0.540. The van der Waals surface area contributed by atoms with Crippen LogP contribution in [0.4, 0.5) is 5.69 Å². The monoisotopic (exact) mass is 325 g/mol. The lowest BCUT2D eigenvalue weighted by molar-refractivity contribution is 0.0706. The molecule has 2 amide bonds. The van der Waals surface area contributed by atoms with Gasteiger partial charge in [0.05, 0.1) is 0 Å². The number of hydrogen-bond donors (Lipinski definition) is 3. The van der Waals surface area contributed by atoms with E-state index in [0.717, 1.165) is 18.7 Å². The highest BCUT2D eigenvalue weighted by Crippen LogP contribution is 2.18. The average Bonchev–Trinajstić information content (AvgIpc) is 3.10. The van der Waals surface area contributed by atoms with Gasteiger partial charge in [0.25, 0.3) is 11.8 Å². The van der Waals surface area contributed by atoms with Crippen LogP contribution in [0.5, 0.6) is 0 Å². The van der Waals surface area contributed by atoms with Gasteiger partial charge in [-0.3, -0.25) is 14.8 Å². The van der Waals surface area contributed by atoms with E-state index in [9.17, 15) is 9.59 Å². The SMILES string of the molecule is O=C(NO)c1ccc(NC2CCN(C(=O)c3ccccc3)C2)cc1. The van der Waals surface area contributed by atoms with Gasteiger partial charge in [0.1, 0.15) is 0 Å². The number of anilines is 1. The van der Waals surface area contributed by atoms with Crippen LogP contribution < -0.4 is 10.8 Å². The third kappa shape index (κ3) is 3.55. The number of likely N-dealkylation sites (tertiary alicyclic amines) is 1. The molecule has 2 aromatic rings. The number of carbonyl (C=O) groups is 2. The zero-order valence-corrected chi connectivity index (χ0v) is 13.1. The van der Waals surface area contributed by atoms with Crippen LogP contribution in [0.1, 0.15) is 27.1 Å². The highest BCUT2D eigenvalue weighted by Gasteiger charge is 2.26. The largest absolute Gasteiger partial charge is 0.380 e. The fourth-order valence-corrected chi connectivity index (χ4v) is 2.84. The van der Waals surface area contributed by atoms with E-state index in [4.69, 9.17) is 5.21 Å². The van der Waals surface area contributed by atoms with Crippen LogP contribution in [0.3, 0.4) is 0 Å². The second kappa shape index (κ2) is 7.14. The summed E-state index contributed by atoms with van der Waals surface area (Å²) in [5.74, 6) is -0.489. The van der Waals surface area contributed by atoms with Crippen molar-refractivity contribution in [3.8, 4) is 0 Å². The Morgan fingerprint density at radius 1 is 1.00 bits per heavy atom. The summed E-state index contributed by atoms with van der Waals surface area (Å²) >= 11 is 0. The van der Waals surface area contributed by atoms with Gasteiger partial charge < -0.3 is 10.2 Å². The summed E-state index contributed by atoms with van der Waals surface area (Å²) < 4.78 is 0. The Labute approximate surface area is 140 Å². The number of rotatable bonds is 4. The van der Waals surface area contributed by atoms with Gasteiger partial charge in [-0.05, 0) is 42.8 Å². The van der Waals surface area contributed by atoms with Gasteiger partial charge >= 0.3 is 0 Å². The second-order valence-electron chi connectivity index (χ2n) is 5.77. The summed E-state index contributed by atoms with van der Waals surface area (Å²) in [6.07, 6.45) is 0.872. The number of nitrogens with zero attached hydrogens (tertiary/aromatic N) is 1. The Kier molecular flexibility index (Phi) is 4.77. The minimum Gasteiger partial charge on any atom is -0.380 e. The van der Waals surface area contributed by atoms with Crippen LogP contribution in [-0.4, -0.2) is 41.1 Å². The Morgan fingerprint density at radius 3 is 2.38 bits per heavy atom. The molecule has 6 nitrogen and oxygen atoms in total. The normalized spacial score (nSPS) is 16.7. The molecule has 1 atom stereocenters. The van der Waals surface area contributed by atoms with E-state index in [2.05, 4.69) is 5.32 Å². The summed E-state index contributed by atoms with van der Waals surface area (Å²) in [4.78, 5) is 25.6. The molecule has 0 saturated carbocycles. The Hall–Kier alpha value is -2.86. The van der Waals surface area contributed by atoms with Crippen LogP contribution in [0, 0.1) is 0 Å². The van der Waals surface area contributed by atoms with Crippen LogP contribution in [0.15, 0.2) is 54.6 Å². The van der Waals surface area contributed by atoms with Crippen molar-refractivity contribution in [1.82, 2.24) is 10.4 Å². The molecule has 3 N–H and O–H groups in total. The van der Waals surface area contributed by atoms with E-state index >= 15 is 0 Å². The van der Waals surface area contributed by atoms with Crippen molar-refractivity contribution in [2.75, 3.05) is 18.4 Å². The van der Waals surface area contributed by atoms with Gasteiger partial charge in [-0.15, -0.1) is 0 Å². The number of carbonyl (C=O) groups excluding carboxylic acids is 2. The van der Waals surface area contributed by atoms with E-state index in [0.29, 0.717) is 17.7 Å². The number of benzene rings is 2. The lowest BCUT2D eigenvalue weighted by Gasteiger charge is -2.18. The fraction of sp³-hybridized carbons (Fsp3) is 0.222. The number of nitrogens with one attached hydrogen (secondary N) is 2. The molecule has 0 spiro atoms. The van der Waals surface area contributed by atoms with Gasteiger partial charge in [0, 0.05) is 35.9 Å². The van der Waals surface area contributed by atoms with Gasteiger partial charge in [-0.1, -0.05) is 18.2 Å². The van der Waals surface area contributed by atoms with E-state index in [1.807, 2.05) is 35.2 Å². The molecule has 1 heterocycles. The maximum Gasteiger partial charge on any atom is 0.274 e. The Balaban J connectivity index is 1.58. The van der Waals surface area contributed by atoms with E-state index in [1.165, 1.54) is 0 Å². The Bertz CT molecular complexity index is 716. The fourth-order valence-electron chi connectivity index (χ4n) is 2.84. The third-order valence-electron chi connectivity index (χ3n) is 4.12. The molecule has 0 radical (unpaired) electrons. The second-order valence-corrected chi connectivity index (χ2v) is 5.77. The van der Waals surface area contributed by atoms with Crippen LogP contribution in [0.2, 0.25) is 0 Å². The molecule has 6 heteroatoms. The highest BCUT2D eigenvalue weighted by molar-refractivity contribution is 5.94. The Morgan fingerprint density at radius 2 is 1.71 bits per heavy atom. The molecule has 3 rings (SSSR count). The topological polar surface area (TPSA) is 81.7 Å². The van der Waals surface area contributed by atoms with E-state index in [1.54, 1.807) is 29.7 Å². The van der Waals surface area contributed by atoms with Crippen molar-refractivity contribution in [2.45, 2.75) is 12.5 Å². The molecule has 1 saturated heterocycles. The number of amides is 2. The predicted molar refractivity (Wildman–Crippen MR) is 90.1 cm³/mol. The van der Waals surface area contributed by atoms with E-state index < -0.39 is 5.91 Å². The first-order valence-corrected chi connectivity index (χ1v) is 7.83. The van der Waals surface area contributed by atoms with E-state index in [-0.39, 0.29) is 11.9 Å². The maximum atomic E-state index is 12.4. The summed E-state index contributed by atoms with van der Waals surface area (Å²) in [5, 5.41) is 12.0. The first kappa shape index (κ1) is 16.0. The highest BCUT2D eigenvalue weighted by atomic mass is 16.5. The molecular weight excluding hydrogens is 306 g/mol. The summed E-state index contributed by atoms with van der Waals surface area (Å²) in [6.45, 7) is 1.36. The van der Waals surface area contributed by atoms with Crippen molar-refractivity contribution in [2.24, 2.45) is 0 Å². The molecule has 24 heavy (non-hydrogen) atoms. The minimum absolute atomic E-state index is 0.0508. The maximum absolute atomic E-state index is 12.4. The third-order valence-corrected chi connectivity index (χ3v) is 4.12. The van der Waals surface area contributed by atoms with Gasteiger partial charge in [-0.2, -0.15) is 0 Å². The average molecular weight is 325 g/mol. The zero-order valence-electron chi connectivity index (χ0n) is 13.1. The predicted octanol–water partition coefficient (Wildman–Crippen LogP) is 2.13. The first-order valence-electron chi connectivity index (χ1n) is 7.83. The molecule has 0 bridgehead atoms. The smallest absolute Gasteiger partial charge is 0.274 e. The molecule has 1 aliphatic heterocycles. The number of hydrogen-bond acceptors (Lipinski definition) is 4.